The zero-order valence-electron chi connectivity index (χ0n) is 25.8. The third kappa shape index (κ3) is 6.82. The number of amides is 2. The molecule has 1 aliphatic heterocycles. The van der Waals surface area contributed by atoms with E-state index in [-0.39, 0.29) is 57.9 Å². The van der Waals surface area contributed by atoms with E-state index in [1.165, 1.54) is 0 Å². The number of nitrogens with zero attached hydrogens (tertiary/aromatic N) is 1. The fourth-order valence-electron chi connectivity index (χ4n) is 6.11. The zero-order chi connectivity index (χ0) is 34.2. The minimum atomic E-state index is -3.93. The number of benzene rings is 4. The largest absolute Gasteiger partial charge is 0.481 e. The molecule has 9 nitrogen and oxygen atoms in total. The van der Waals surface area contributed by atoms with E-state index in [1.54, 1.807) is 41.5 Å². The lowest BCUT2D eigenvalue weighted by atomic mass is 9.95. The first-order valence-corrected chi connectivity index (χ1v) is 17.7. The van der Waals surface area contributed by atoms with Crippen molar-refractivity contribution in [1.29, 1.82) is 0 Å². The molecule has 0 saturated heterocycles. The van der Waals surface area contributed by atoms with Crippen LogP contribution in [-0.2, 0) is 40.4 Å². The summed E-state index contributed by atoms with van der Waals surface area (Å²) in [4.78, 5) is 40.4. The topological polar surface area (TPSA) is 134 Å². The molecule has 2 amide bonds. The van der Waals surface area contributed by atoms with Gasteiger partial charge >= 0.3 is 5.97 Å². The Morgan fingerprint density at radius 2 is 1.73 bits per heavy atom. The van der Waals surface area contributed by atoms with Gasteiger partial charge in [0.05, 0.1) is 32.5 Å². The van der Waals surface area contributed by atoms with Crippen LogP contribution in [0.1, 0.15) is 55.0 Å². The van der Waals surface area contributed by atoms with Gasteiger partial charge in [0.2, 0.25) is 0 Å². The number of nitrogens with one attached hydrogen (secondary N) is 1. The monoisotopic (exact) mass is 704 g/mol. The van der Waals surface area contributed by atoms with Crippen molar-refractivity contribution in [3.8, 4) is 0 Å². The summed E-state index contributed by atoms with van der Waals surface area (Å²) in [6.45, 7) is 0.550. The SMILES string of the molecule is CS(=O)(=O)c1c(Cc2ccccc2)ccc(CCC(=O)O)c1NC(=O)c1c(Cl)cc2c(c1Cl)CCN(C(=O)c1ccc3ccoc3c1)C2. The second-order valence-corrected chi connectivity index (χ2v) is 14.4. The van der Waals surface area contributed by atoms with Crippen LogP contribution in [0, 0.1) is 0 Å². The number of sulfone groups is 1. The van der Waals surface area contributed by atoms with E-state index in [9.17, 15) is 27.9 Å². The van der Waals surface area contributed by atoms with Gasteiger partial charge in [-0.1, -0.05) is 71.7 Å². The van der Waals surface area contributed by atoms with Gasteiger partial charge in [0.15, 0.2) is 9.84 Å². The van der Waals surface area contributed by atoms with Gasteiger partial charge in [-0.05, 0) is 71.3 Å². The molecule has 1 aromatic heterocycles. The Morgan fingerprint density at radius 1 is 0.979 bits per heavy atom. The molecular weight excluding hydrogens is 675 g/mol. The van der Waals surface area contributed by atoms with Gasteiger partial charge in [-0.25, -0.2) is 8.42 Å². The van der Waals surface area contributed by atoms with Crippen molar-refractivity contribution in [1.82, 2.24) is 4.90 Å². The lowest BCUT2D eigenvalue weighted by Crippen LogP contribution is -2.36. The third-order valence-corrected chi connectivity index (χ3v) is 10.3. The lowest BCUT2D eigenvalue weighted by Gasteiger charge is -2.30. The van der Waals surface area contributed by atoms with Gasteiger partial charge in [0.1, 0.15) is 5.58 Å². The highest BCUT2D eigenvalue weighted by Crippen LogP contribution is 2.38. The van der Waals surface area contributed by atoms with Crippen molar-refractivity contribution in [3.05, 3.63) is 128 Å². The summed E-state index contributed by atoms with van der Waals surface area (Å²) in [6.07, 6.45) is 2.91. The summed E-state index contributed by atoms with van der Waals surface area (Å²) in [6, 6.07) is 21.2. The Labute approximate surface area is 287 Å². The molecule has 0 fully saturated rings. The van der Waals surface area contributed by atoms with Crippen LogP contribution in [0.5, 0.6) is 0 Å². The number of rotatable bonds is 9. The van der Waals surface area contributed by atoms with Crippen molar-refractivity contribution >= 4 is 67.5 Å². The minimum absolute atomic E-state index is 0.00710. The highest BCUT2D eigenvalue weighted by molar-refractivity contribution is 7.91. The molecule has 2 N–H and O–H groups in total. The molecule has 4 aromatic carbocycles. The molecule has 6 rings (SSSR count). The number of anilines is 1. The van der Waals surface area contributed by atoms with Gasteiger partial charge < -0.3 is 19.7 Å². The quantitative estimate of drug-likeness (QED) is 0.166. The number of furan rings is 1. The maximum absolute atomic E-state index is 14.0. The van der Waals surface area contributed by atoms with Crippen LogP contribution in [0.4, 0.5) is 5.69 Å². The highest BCUT2D eigenvalue weighted by Gasteiger charge is 2.30. The first-order chi connectivity index (χ1) is 22.9. The van der Waals surface area contributed by atoms with Gasteiger partial charge in [0.25, 0.3) is 11.8 Å². The molecule has 0 atom stereocenters. The van der Waals surface area contributed by atoms with Crippen LogP contribution < -0.4 is 5.32 Å². The number of carboxylic acid groups (broad SMARTS) is 1. The molecule has 0 aliphatic carbocycles. The summed E-state index contributed by atoms with van der Waals surface area (Å²) >= 11 is 13.5. The number of carbonyl (C=O) groups is 3. The summed E-state index contributed by atoms with van der Waals surface area (Å²) in [5.74, 6) is -2.00. The molecular formula is C36H30Cl2N2O7S. The summed E-state index contributed by atoms with van der Waals surface area (Å²) in [5, 5.41) is 13.1. The number of aryl methyl sites for hydroxylation is 1. The summed E-state index contributed by atoms with van der Waals surface area (Å²) in [5.41, 5.74) is 4.01. The Kier molecular flexibility index (Phi) is 9.33. The molecule has 0 saturated carbocycles. The standard InChI is InChI=1S/C36H30Cl2N2O7S/c1-48(45,46)34-24(17-21-5-3-2-4-6-21)9-8-23(11-12-30(41)42)33(34)39-35(43)31-28(37)18-26-20-40(15-13-27(26)32(31)38)36(44)25-10-7-22-14-16-47-29(22)19-25/h2-10,14,16,18-19H,11-13,15,17,20H2,1H3,(H,39,43)(H,41,42). The van der Waals surface area contributed by atoms with Gasteiger partial charge in [-0.2, -0.15) is 0 Å². The van der Waals surface area contributed by atoms with Gasteiger partial charge in [0, 0.05) is 36.7 Å². The van der Waals surface area contributed by atoms with Crippen LogP contribution in [0.15, 0.2) is 88.4 Å². The van der Waals surface area contributed by atoms with Crippen LogP contribution in [-0.4, -0.2) is 49.0 Å². The average molecular weight is 706 g/mol. The molecule has 0 unspecified atom stereocenters. The number of halogens is 2. The molecule has 0 radical (unpaired) electrons. The normalized spacial score (nSPS) is 12.9. The lowest BCUT2D eigenvalue weighted by molar-refractivity contribution is -0.136. The van der Waals surface area contributed by atoms with Crippen molar-refractivity contribution in [2.45, 2.75) is 37.1 Å². The van der Waals surface area contributed by atoms with Crippen LogP contribution in [0.25, 0.3) is 11.0 Å². The highest BCUT2D eigenvalue weighted by atomic mass is 35.5. The second-order valence-electron chi connectivity index (χ2n) is 11.7. The minimum Gasteiger partial charge on any atom is -0.481 e. The zero-order valence-corrected chi connectivity index (χ0v) is 28.1. The van der Waals surface area contributed by atoms with E-state index in [1.807, 2.05) is 42.5 Å². The third-order valence-electron chi connectivity index (χ3n) is 8.40. The van der Waals surface area contributed by atoms with Crippen LogP contribution in [0.2, 0.25) is 10.0 Å². The molecule has 2 heterocycles. The number of carbonyl (C=O) groups excluding carboxylic acids is 2. The molecule has 0 spiro atoms. The Bertz CT molecular complexity index is 2200. The number of hydrogen-bond donors (Lipinski definition) is 2. The average Bonchev–Trinajstić information content (AvgIpc) is 3.52. The molecule has 1 aliphatic rings. The van der Waals surface area contributed by atoms with Crippen molar-refractivity contribution < 1.29 is 32.3 Å². The fourth-order valence-corrected chi connectivity index (χ4v) is 8.04. The van der Waals surface area contributed by atoms with E-state index in [4.69, 9.17) is 27.6 Å². The van der Waals surface area contributed by atoms with Gasteiger partial charge in [-0.15, -0.1) is 0 Å². The van der Waals surface area contributed by atoms with Crippen molar-refractivity contribution in [3.63, 3.8) is 0 Å². The maximum atomic E-state index is 14.0. The summed E-state index contributed by atoms with van der Waals surface area (Å²) < 4.78 is 32.0. The van der Waals surface area contributed by atoms with Crippen LogP contribution in [0.3, 0.4) is 0 Å². The van der Waals surface area contributed by atoms with E-state index in [2.05, 4.69) is 5.32 Å². The summed E-state index contributed by atoms with van der Waals surface area (Å²) in [7, 11) is -3.93. The van der Waals surface area contributed by atoms with E-state index in [0.29, 0.717) is 46.4 Å². The van der Waals surface area contributed by atoms with Crippen LogP contribution >= 0.6 is 23.2 Å². The maximum Gasteiger partial charge on any atom is 0.303 e. The molecule has 0 bridgehead atoms. The number of hydrogen-bond acceptors (Lipinski definition) is 6. The van der Waals surface area contributed by atoms with E-state index < -0.39 is 21.7 Å². The van der Waals surface area contributed by atoms with E-state index in [0.717, 1.165) is 17.2 Å². The Hall–Kier alpha value is -4.64. The second kappa shape index (κ2) is 13.5. The number of fused-ring (bicyclic) bond motifs is 2. The first-order valence-electron chi connectivity index (χ1n) is 15.1. The first kappa shape index (κ1) is 33.3. The van der Waals surface area contributed by atoms with E-state index >= 15 is 0 Å². The smallest absolute Gasteiger partial charge is 0.303 e. The molecule has 12 heteroatoms. The Morgan fingerprint density at radius 3 is 2.46 bits per heavy atom. The van der Waals surface area contributed by atoms with Crippen molar-refractivity contribution in [2.24, 2.45) is 0 Å². The molecule has 246 valence electrons. The Balaban J connectivity index is 1.33. The molecule has 48 heavy (non-hydrogen) atoms. The predicted molar refractivity (Wildman–Crippen MR) is 184 cm³/mol. The van der Waals surface area contributed by atoms with Crippen molar-refractivity contribution in [2.75, 3.05) is 18.1 Å². The number of carboxylic acids is 1. The predicted octanol–water partition coefficient (Wildman–Crippen LogP) is 7.20. The van der Waals surface area contributed by atoms with Gasteiger partial charge in [-0.3, -0.25) is 14.4 Å². The molecule has 5 aromatic rings. The number of aliphatic carboxylic acids is 1. The fraction of sp³-hybridized carbons (Fsp3) is 0.194.